The summed E-state index contributed by atoms with van der Waals surface area (Å²) in [6.07, 6.45) is 4.88. The third-order valence-electron chi connectivity index (χ3n) is 6.79. The second kappa shape index (κ2) is 8.78. The Labute approximate surface area is 222 Å². The van der Waals surface area contributed by atoms with E-state index in [9.17, 15) is 4.79 Å². The van der Waals surface area contributed by atoms with Gasteiger partial charge in [0.2, 0.25) is 4.96 Å². The van der Waals surface area contributed by atoms with E-state index in [1.165, 1.54) is 21.4 Å². The SMILES string of the molecule is Cc1ccccc1-c1nc2s/c(=C\c3cn(-c4ccccc4)nc3-c3ccc4c(c3)CC(C)O4)c(=O)n2n1. The van der Waals surface area contributed by atoms with E-state index in [0.29, 0.717) is 15.3 Å². The van der Waals surface area contributed by atoms with E-state index < -0.39 is 0 Å². The predicted octanol–water partition coefficient (Wildman–Crippen LogP) is 4.85. The molecule has 0 amide bonds. The van der Waals surface area contributed by atoms with E-state index in [4.69, 9.17) is 9.84 Å². The van der Waals surface area contributed by atoms with Crippen LogP contribution in [0.1, 0.15) is 23.6 Å². The van der Waals surface area contributed by atoms with Crippen LogP contribution in [0.4, 0.5) is 0 Å². The summed E-state index contributed by atoms with van der Waals surface area (Å²) in [5.74, 6) is 1.48. The highest BCUT2D eigenvalue weighted by atomic mass is 32.1. The molecule has 1 aliphatic rings. The summed E-state index contributed by atoms with van der Waals surface area (Å²) in [4.78, 5) is 18.6. The molecule has 6 aromatic rings. The van der Waals surface area contributed by atoms with Crippen LogP contribution in [-0.2, 0) is 6.42 Å². The molecule has 8 heteroatoms. The van der Waals surface area contributed by atoms with Crippen molar-refractivity contribution in [1.82, 2.24) is 24.4 Å². The van der Waals surface area contributed by atoms with E-state index in [1.54, 1.807) is 0 Å². The Kier molecular flexibility index (Phi) is 5.23. The Balaban J connectivity index is 1.37. The lowest BCUT2D eigenvalue weighted by Crippen LogP contribution is -2.23. The maximum absolute atomic E-state index is 13.4. The van der Waals surface area contributed by atoms with Crippen molar-refractivity contribution in [3.05, 3.63) is 111 Å². The van der Waals surface area contributed by atoms with Gasteiger partial charge >= 0.3 is 0 Å². The Morgan fingerprint density at radius 2 is 1.84 bits per heavy atom. The number of aryl methyl sites for hydroxylation is 1. The monoisotopic (exact) mass is 517 g/mol. The van der Waals surface area contributed by atoms with E-state index in [2.05, 4.69) is 23.1 Å². The molecule has 1 aliphatic heterocycles. The quantitative estimate of drug-likeness (QED) is 0.334. The number of benzene rings is 3. The van der Waals surface area contributed by atoms with Crippen molar-refractivity contribution in [1.29, 1.82) is 0 Å². The summed E-state index contributed by atoms with van der Waals surface area (Å²) >= 11 is 1.33. The number of para-hydroxylation sites is 1. The fourth-order valence-corrected chi connectivity index (χ4v) is 5.81. The Morgan fingerprint density at radius 1 is 1.03 bits per heavy atom. The molecule has 0 saturated heterocycles. The summed E-state index contributed by atoms with van der Waals surface area (Å²) in [6.45, 7) is 4.09. The van der Waals surface area contributed by atoms with Crippen molar-refractivity contribution in [2.75, 3.05) is 0 Å². The van der Waals surface area contributed by atoms with Gasteiger partial charge in [-0.1, -0.05) is 53.8 Å². The first kappa shape index (κ1) is 22.6. The van der Waals surface area contributed by atoms with Crippen molar-refractivity contribution in [3.63, 3.8) is 0 Å². The minimum atomic E-state index is -0.188. The first-order valence-corrected chi connectivity index (χ1v) is 13.3. The first-order valence-electron chi connectivity index (χ1n) is 12.5. The number of ether oxygens (including phenoxy) is 1. The lowest BCUT2D eigenvalue weighted by Gasteiger charge is -2.04. The molecular weight excluding hydrogens is 494 g/mol. The van der Waals surface area contributed by atoms with E-state index >= 15 is 0 Å². The number of nitrogens with zero attached hydrogens (tertiary/aromatic N) is 5. The lowest BCUT2D eigenvalue weighted by atomic mass is 10.0. The molecule has 1 atom stereocenters. The van der Waals surface area contributed by atoms with Crippen molar-refractivity contribution < 1.29 is 4.74 Å². The summed E-state index contributed by atoms with van der Waals surface area (Å²) in [5, 5.41) is 9.47. The number of fused-ring (bicyclic) bond motifs is 2. The van der Waals surface area contributed by atoms with Crippen LogP contribution in [-0.4, -0.2) is 30.5 Å². The molecular formula is C30H23N5O2S. The molecule has 7 nitrogen and oxygen atoms in total. The van der Waals surface area contributed by atoms with Gasteiger partial charge in [0.1, 0.15) is 17.5 Å². The average molecular weight is 518 g/mol. The van der Waals surface area contributed by atoms with Gasteiger partial charge < -0.3 is 4.74 Å². The maximum atomic E-state index is 13.4. The normalized spacial score (nSPS) is 15.2. The largest absolute Gasteiger partial charge is 0.490 e. The van der Waals surface area contributed by atoms with Crippen LogP contribution in [0, 0.1) is 6.92 Å². The van der Waals surface area contributed by atoms with Crippen LogP contribution in [0.25, 0.3) is 39.4 Å². The molecule has 0 N–H and O–H groups in total. The van der Waals surface area contributed by atoms with Gasteiger partial charge in [-0.2, -0.15) is 14.6 Å². The summed E-state index contributed by atoms with van der Waals surface area (Å²) < 4.78 is 9.71. The second-order valence-corrected chi connectivity index (χ2v) is 10.5. The molecule has 186 valence electrons. The van der Waals surface area contributed by atoms with Crippen LogP contribution in [0.15, 0.2) is 83.8 Å². The van der Waals surface area contributed by atoms with E-state index in [1.807, 2.05) is 90.6 Å². The molecule has 0 bridgehead atoms. The van der Waals surface area contributed by atoms with Crippen molar-refractivity contribution in [3.8, 4) is 34.1 Å². The molecule has 0 radical (unpaired) electrons. The summed E-state index contributed by atoms with van der Waals surface area (Å²) in [7, 11) is 0. The van der Waals surface area contributed by atoms with E-state index in [-0.39, 0.29) is 11.7 Å². The molecule has 3 aromatic carbocycles. The highest BCUT2D eigenvalue weighted by Crippen LogP contribution is 2.34. The lowest BCUT2D eigenvalue weighted by molar-refractivity contribution is 0.254. The molecule has 1 unspecified atom stereocenters. The van der Waals surface area contributed by atoms with Crippen molar-refractivity contribution in [2.24, 2.45) is 0 Å². The van der Waals surface area contributed by atoms with Gasteiger partial charge in [0, 0.05) is 29.3 Å². The minimum absolute atomic E-state index is 0.163. The van der Waals surface area contributed by atoms with Crippen LogP contribution in [0.2, 0.25) is 0 Å². The molecule has 38 heavy (non-hydrogen) atoms. The Bertz CT molecular complexity index is 1940. The number of rotatable bonds is 4. The molecule has 0 spiro atoms. The minimum Gasteiger partial charge on any atom is -0.490 e. The predicted molar refractivity (Wildman–Crippen MR) is 149 cm³/mol. The van der Waals surface area contributed by atoms with Crippen LogP contribution >= 0.6 is 11.3 Å². The number of aromatic nitrogens is 5. The van der Waals surface area contributed by atoms with Crippen molar-refractivity contribution in [2.45, 2.75) is 26.4 Å². The Hall–Kier alpha value is -4.56. The highest BCUT2D eigenvalue weighted by molar-refractivity contribution is 7.15. The van der Waals surface area contributed by atoms with Crippen LogP contribution in [0.3, 0.4) is 0 Å². The van der Waals surface area contributed by atoms with Crippen molar-refractivity contribution >= 4 is 22.4 Å². The zero-order valence-corrected chi connectivity index (χ0v) is 21.6. The third kappa shape index (κ3) is 3.81. The maximum Gasteiger partial charge on any atom is 0.291 e. The fraction of sp³-hybridized carbons (Fsp3) is 0.133. The first-order chi connectivity index (χ1) is 18.5. The third-order valence-corrected chi connectivity index (χ3v) is 7.75. The zero-order chi connectivity index (χ0) is 25.8. The smallest absolute Gasteiger partial charge is 0.291 e. The number of hydrogen-bond acceptors (Lipinski definition) is 6. The summed E-state index contributed by atoms with van der Waals surface area (Å²) in [6, 6.07) is 24.1. The fourth-order valence-electron chi connectivity index (χ4n) is 4.91. The highest BCUT2D eigenvalue weighted by Gasteiger charge is 2.21. The topological polar surface area (TPSA) is 74.3 Å². The second-order valence-electron chi connectivity index (χ2n) is 9.53. The molecule has 0 fully saturated rings. The van der Waals surface area contributed by atoms with Gasteiger partial charge in [0.15, 0.2) is 5.82 Å². The van der Waals surface area contributed by atoms with Gasteiger partial charge in [-0.25, -0.2) is 4.68 Å². The van der Waals surface area contributed by atoms with E-state index in [0.717, 1.165) is 45.8 Å². The standard InChI is InChI=1S/C30H23N5O2S/c1-18-8-6-7-11-24(18)28-31-30-35(33-28)29(36)26(38-30)16-22-17-34(23-9-4-3-5-10-23)32-27(22)20-12-13-25-21(15-20)14-19(2)37-25/h3-13,15-17,19H,14H2,1-2H3/b26-16-. The average Bonchev–Trinajstić information content (AvgIpc) is 3.68. The Morgan fingerprint density at radius 3 is 2.66 bits per heavy atom. The number of thiazole rings is 1. The van der Waals surface area contributed by atoms with Gasteiger partial charge in [0.25, 0.3) is 5.56 Å². The van der Waals surface area contributed by atoms with Gasteiger partial charge in [-0.05, 0) is 61.4 Å². The van der Waals surface area contributed by atoms with Gasteiger partial charge in [-0.15, -0.1) is 5.10 Å². The molecule has 7 rings (SSSR count). The van der Waals surface area contributed by atoms with Gasteiger partial charge in [-0.3, -0.25) is 4.79 Å². The summed E-state index contributed by atoms with van der Waals surface area (Å²) in [5.41, 5.74) is 6.55. The molecule has 3 aromatic heterocycles. The van der Waals surface area contributed by atoms with Crippen LogP contribution < -0.4 is 14.8 Å². The van der Waals surface area contributed by atoms with Crippen LogP contribution in [0.5, 0.6) is 5.75 Å². The molecule has 4 heterocycles. The number of hydrogen-bond donors (Lipinski definition) is 0. The zero-order valence-electron chi connectivity index (χ0n) is 20.8. The molecule has 0 aliphatic carbocycles. The van der Waals surface area contributed by atoms with Gasteiger partial charge in [0.05, 0.1) is 10.2 Å². The molecule has 0 saturated carbocycles.